The van der Waals surface area contributed by atoms with E-state index in [0.29, 0.717) is 5.41 Å². The van der Waals surface area contributed by atoms with Crippen LogP contribution in [0.4, 0.5) is 0 Å². The van der Waals surface area contributed by atoms with Gasteiger partial charge in [0.25, 0.3) is 0 Å². The monoisotopic (exact) mass is 243 g/mol. The Labute approximate surface area is 109 Å². The van der Waals surface area contributed by atoms with E-state index < -0.39 is 0 Å². The molecule has 1 N–H and O–H groups in total. The average Bonchev–Trinajstić information content (AvgIpc) is 2.33. The Morgan fingerprint density at radius 2 is 1.89 bits per heavy atom. The van der Waals surface area contributed by atoms with Gasteiger partial charge in [0.05, 0.1) is 11.5 Å². The molecule has 1 aliphatic carbocycles. The summed E-state index contributed by atoms with van der Waals surface area (Å²) in [6.07, 6.45) is 4.91. The molecule has 0 aromatic heterocycles. The fourth-order valence-corrected chi connectivity index (χ4v) is 2.79. The zero-order valence-corrected chi connectivity index (χ0v) is 11.2. The molecule has 0 spiro atoms. The SMILES string of the molecule is CC1(C)CCC(C#N)(Cc2cccc(O)c2)CC1. The topological polar surface area (TPSA) is 44.0 Å². The van der Waals surface area contributed by atoms with Crippen molar-refractivity contribution >= 4 is 0 Å². The maximum absolute atomic E-state index is 9.53. The Balaban J connectivity index is 2.13. The van der Waals surface area contributed by atoms with Gasteiger partial charge < -0.3 is 5.11 Å². The van der Waals surface area contributed by atoms with Gasteiger partial charge in [-0.05, 0) is 55.2 Å². The first kappa shape index (κ1) is 13.0. The fraction of sp³-hybridized carbons (Fsp3) is 0.562. The standard InChI is InChI=1S/C16H21NO/c1-15(2)6-8-16(12-17,9-7-15)11-13-4-3-5-14(18)10-13/h3-5,10,18H,6-9,11H2,1-2H3. The predicted octanol–water partition coefficient (Wildman–Crippen LogP) is 4.04. The number of benzene rings is 1. The minimum absolute atomic E-state index is 0.233. The molecule has 2 heteroatoms. The highest BCUT2D eigenvalue weighted by atomic mass is 16.3. The van der Waals surface area contributed by atoms with E-state index in [1.54, 1.807) is 12.1 Å². The van der Waals surface area contributed by atoms with Crippen molar-refractivity contribution in [1.29, 1.82) is 5.26 Å². The summed E-state index contributed by atoms with van der Waals surface area (Å²) in [5.74, 6) is 0.289. The molecule has 0 amide bonds. The molecule has 0 bridgehead atoms. The highest BCUT2D eigenvalue weighted by Crippen LogP contribution is 2.46. The van der Waals surface area contributed by atoms with E-state index >= 15 is 0 Å². The molecule has 0 aliphatic heterocycles. The zero-order valence-electron chi connectivity index (χ0n) is 11.2. The molecular formula is C16H21NO. The Morgan fingerprint density at radius 3 is 2.44 bits per heavy atom. The number of rotatable bonds is 2. The molecule has 1 fully saturated rings. The van der Waals surface area contributed by atoms with Crippen LogP contribution < -0.4 is 0 Å². The van der Waals surface area contributed by atoms with Gasteiger partial charge in [-0.2, -0.15) is 5.26 Å². The molecule has 0 unspecified atom stereocenters. The Hall–Kier alpha value is -1.49. The van der Waals surface area contributed by atoms with E-state index in [9.17, 15) is 10.4 Å². The van der Waals surface area contributed by atoms with E-state index in [-0.39, 0.29) is 11.2 Å². The van der Waals surface area contributed by atoms with Crippen LogP contribution in [0.5, 0.6) is 5.75 Å². The van der Waals surface area contributed by atoms with Crippen LogP contribution in [-0.2, 0) is 6.42 Å². The van der Waals surface area contributed by atoms with Crippen LogP contribution in [0, 0.1) is 22.2 Å². The first-order chi connectivity index (χ1) is 8.45. The van der Waals surface area contributed by atoms with Gasteiger partial charge >= 0.3 is 0 Å². The third kappa shape index (κ3) is 2.85. The number of nitriles is 1. The van der Waals surface area contributed by atoms with Crippen molar-refractivity contribution in [1.82, 2.24) is 0 Å². The normalized spacial score (nSPS) is 21.2. The summed E-state index contributed by atoms with van der Waals surface area (Å²) < 4.78 is 0. The van der Waals surface area contributed by atoms with Crippen molar-refractivity contribution in [2.24, 2.45) is 10.8 Å². The van der Waals surface area contributed by atoms with Gasteiger partial charge in [-0.3, -0.25) is 0 Å². The lowest BCUT2D eigenvalue weighted by atomic mass is 9.64. The smallest absolute Gasteiger partial charge is 0.115 e. The van der Waals surface area contributed by atoms with E-state index in [1.165, 1.54) is 0 Å². The predicted molar refractivity (Wildman–Crippen MR) is 72.1 cm³/mol. The van der Waals surface area contributed by atoms with Crippen LogP contribution in [0.3, 0.4) is 0 Å². The molecule has 1 aromatic rings. The van der Waals surface area contributed by atoms with E-state index in [0.717, 1.165) is 37.7 Å². The number of phenols is 1. The van der Waals surface area contributed by atoms with Crippen molar-refractivity contribution in [3.63, 3.8) is 0 Å². The van der Waals surface area contributed by atoms with Gasteiger partial charge in [0.2, 0.25) is 0 Å². The summed E-state index contributed by atoms with van der Waals surface area (Å²) in [5.41, 5.74) is 1.21. The molecule has 2 rings (SSSR count). The lowest BCUT2D eigenvalue weighted by Gasteiger charge is -2.39. The lowest BCUT2D eigenvalue weighted by molar-refractivity contribution is 0.146. The van der Waals surface area contributed by atoms with Gasteiger partial charge in [0.1, 0.15) is 5.75 Å². The molecule has 1 aliphatic rings. The van der Waals surface area contributed by atoms with Crippen molar-refractivity contribution in [3.8, 4) is 11.8 Å². The summed E-state index contributed by atoms with van der Waals surface area (Å²) >= 11 is 0. The minimum Gasteiger partial charge on any atom is -0.508 e. The summed E-state index contributed by atoms with van der Waals surface area (Å²) in [4.78, 5) is 0. The molecular weight excluding hydrogens is 222 g/mol. The molecule has 1 saturated carbocycles. The molecule has 0 saturated heterocycles. The van der Waals surface area contributed by atoms with Crippen LogP contribution in [0.1, 0.15) is 45.1 Å². The second-order valence-electron chi connectivity index (χ2n) is 6.40. The second kappa shape index (κ2) is 4.65. The molecule has 0 heterocycles. The quantitative estimate of drug-likeness (QED) is 0.851. The largest absolute Gasteiger partial charge is 0.508 e. The second-order valence-corrected chi connectivity index (χ2v) is 6.40. The maximum atomic E-state index is 9.53. The zero-order chi connectivity index (χ0) is 13.2. The number of hydrogen-bond acceptors (Lipinski definition) is 2. The first-order valence-electron chi connectivity index (χ1n) is 6.64. The van der Waals surface area contributed by atoms with Crippen LogP contribution in [0.2, 0.25) is 0 Å². The van der Waals surface area contributed by atoms with Gasteiger partial charge in [0, 0.05) is 0 Å². The lowest BCUT2D eigenvalue weighted by Crippen LogP contribution is -2.31. The van der Waals surface area contributed by atoms with Crippen LogP contribution >= 0.6 is 0 Å². The number of hydrogen-bond donors (Lipinski definition) is 1. The third-order valence-electron chi connectivity index (χ3n) is 4.25. The molecule has 2 nitrogen and oxygen atoms in total. The van der Waals surface area contributed by atoms with Crippen molar-refractivity contribution < 1.29 is 5.11 Å². The van der Waals surface area contributed by atoms with Gasteiger partial charge in [-0.1, -0.05) is 26.0 Å². The molecule has 0 atom stereocenters. The number of aromatic hydroxyl groups is 1. The van der Waals surface area contributed by atoms with Crippen LogP contribution in [-0.4, -0.2) is 5.11 Å². The summed E-state index contributed by atoms with van der Waals surface area (Å²) in [5, 5.41) is 19.0. The van der Waals surface area contributed by atoms with Crippen molar-refractivity contribution in [2.45, 2.75) is 46.0 Å². The molecule has 1 aromatic carbocycles. The van der Waals surface area contributed by atoms with E-state index in [4.69, 9.17) is 0 Å². The average molecular weight is 243 g/mol. The number of phenolic OH excluding ortho intramolecular Hbond substituents is 1. The minimum atomic E-state index is -0.233. The van der Waals surface area contributed by atoms with E-state index in [1.807, 2.05) is 12.1 Å². The molecule has 0 radical (unpaired) electrons. The highest BCUT2D eigenvalue weighted by Gasteiger charge is 2.38. The Bertz CT molecular complexity index is 460. The van der Waals surface area contributed by atoms with E-state index in [2.05, 4.69) is 19.9 Å². The summed E-state index contributed by atoms with van der Waals surface area (Å²) in [7, 11) is 0. The van der Waals surface area contributed by atoms with Gasteiger partial charge in [0.15, 0.2) is 0 Å². The summed E-state index contributed by atoms with van der Waals surface area (Å²) in [6.45, 7) is 4.56. The number of nitrogens with zero attached hydrogens (tertiary/aromatic N) is 1. The van der Waals surface area contributed by atoms with Gasteiger partial charge in [-0.15, -0.1) is 0 Å². The van der Waals surface area contributed by atoms with Crippen LogP contribution in [0.15, 0.2) is 24.3 Å². The molecule has 96 valence electrons. The first-order valence-corrected chi connectivity index (χ1v) is 6.64. The Kier molecular flexibility index (Phi) is 3.34. The third-order valence-corrected chi connectivity index (χ3v) is 4.25. The van der Waals surface area contributed by atoms with Crippen LogP contribution in [0.25, 0.3) is 0 Å². The Morgan fingerprint density at radius 1 is 1.22 bits per heavy atom. The van der Waals surface area contributed by atoms with Crippen molar-refractivity contribution in [3.05, 3.63) is 29.8 Å². The van der Waals surface area contributed by atoms with Gasteiger partial charge in [-0.25, -0.2) is 0 Å². The maximum Gasteiger partial charge on any atom is 0.115 e. The highest BCUT2D eigenvalue weighted by molar-refractivity contribution is 5.29. The fourth-order valence-electron chi connectivity index (χ4n) is 2.79. The molecule has 18 heavy (non-hydrogen) atoms. The van der Waals surface area contributed by atoms with Crippen molar-refractivity contribution in [2.75, 3.05) is 0 Å². The summed E-state index contributed by atoms with van der Waals surface area (Å²) in [6, 6.07) is 9.84.